The van der Waals surface area contributed by atoms with Crippen LogP contribution in [0.3, 0.4) is 0 Å². The highest BCUT2D eigenvalue weighted by Crippen LogP contribution is 2.13. The highest BCUT2D eigenvalue weighted by Gasteiger charge is 2.33. The van der Waals surface area contributed by atoms with Crippen molar-refractivity contribution in [1.29, 1.82) is 0 Å². The number of hydrogen-bond acceptors (Lipinski definition) is 3. The number of rotatable bonds is 4. The highest BCUT2D eigenvalue weighted by molar-refractivity contribution is 5.92. The predicted octanol–water partition coefficient (Wildman–Crippen LogP) is -0.0479. The molecule has 1 aliphatic heterocycles. The number of nitrogens with zero attached hydrogens (tertiary/aromatic N) is 1. The Bertz CT molecular complexity index is 532. The maximum Gasteiger partial charge on any atom is 0.330 e. The van der Waals surface area contributed by atoms with Gasteiger partial charge in [-0.1, -0.05) is 30.3 Å². The molecule has 0 spiro atoms. The number of benzene rings is 1. The molecule has 1 aromatic rings. The molecule has 1 fully saturated rings. The second kappa shape index (κ2) is 5.60. The second-order valence-electron chi connectivity index (χ2n) is 4.57. The first-order valence-electron chi connectivity index (χ1n) is 6.09. The smallest absolute Gasteiger partial charge is 0.330 e. The molecule has 20 heavy (non-hydrogen) atoms. The molecule has 106 valence electrons. The summed E-state index contributed by atoms with van der Waals surface area (Å²) in [4.78, 5) is 35.9. The van der Waals surface area contributed by atoms with Gasteiger partial charge in [-0.15, -0.1) is 0 Å². The quantitative estimate of drug-likeness (QED) is 0.718. The zero-order chi connectivity index (χ0) is 14.7. The summed E-state index contributed by atoms with van der Waals surface area (Å²) in [5, 5.41) is 14.1. The van der Waals surface area contributed by atoms with Gasteiger partial charge in [0, 0.05) is 7.05 Å². The fraction of sp³-hybridized carbons (Fsp3) is 0.308. The molecule has 1 heterocycles. The van der Waals surface area contributed by atoms with Crippen LogP contribution in [0, 0.1) is 0 Å². The molecule has 7 heteroatoms. The number of amides is 3. The lowest BCUT2D eigenvalue weighted by atomic mass is 10.1. The van der Waals surface area contributed by atoms with Gasteiger partial charge < -0.3 is 20.6 Å². The number of carbonyl (C=O) groups excluding carboxylic acids is 2. The molecule has 2 unspecified atom stereocenters. The van der Waals surface area contributed by atoms with E-state index in [4.69, 9.17) is 0 Å². The summed E-state index contributed by atoms with van der Waals surface area (Å²) in [6.45, 7) is 0.214. The van der Waals surface area contributed by atoms with Gasteiger partial charge in [-0.05, 0) is 5.56 Å². The minimum atomic E-state index is -1.15. The Kier molecular flexibility index (Phi) is 3.88. The number of carbonyl (C=O) groups is 3. The minimum Gasteiger partial charge on any atom is -0.479 e. The largest absolute Gasteiger partial charge is 0.479 e. The summed E-state index contributed by atoms with van der Waals surface area (Å²) < 4.78 is 0. The average Bonchev–Trinajstić information content (AvgIpc) is 2.76. The maximum absolute atomic E-state index is 12.0. The van der Waals surface area contributed by atoms with E-state index >= 15 is 0 Å². The first-order valence-corrected chi connectivity index (χ1v) is 6.09. The molecular formula is C13H15N3O4. The van der Waals surface area contributed by atoms with E-state index in [1.54, 1.807) is 37.4 Å². The van der Waals surface area contributed by atoms with Crippen molar-refractivity contribution in [2.45, 2.75) is 12.1 Å². The molecule has 1 aliphatic rings. The Hall–Kier alpha value is -2.57. The monoisotopic (exact) mass is 277 g/mol. The Morgan fingerprint density at radius 2 is 2.05 bits per heavy atom. The van der Waals surface area contributed by atoms with E-state index in [2.05, 4.69) is 10.6 Å². The normalized spacial score (nSPS) is 19.4. The number of nitrogens with one attached hydrogen (secondary N) is 2. The molecule has 0 radical (unpaired) electrons. The minimum absolute atomic E-state index is 0.214. The number of carboxylic acid groups (broad SMARTS) is 1. The second-order valence-corrected chi connectivity index (χ2v) is 4.57. The van der Waals surface area contributed by atoms with E-state index in [0.29, 0.717) is 5.56 Å². The van der Waals surface area contributed by atoms with Gasteiger partial charge >= 0.3 is 12.0 Å². The van der Waals surface area contributed by atoms with Crippen LogP contribution >= 0.6 is 0 Å². The highest BCUT2D eigenvalue weighted by atomic mass is 16.4. The van der Waals surface area contributed by atoms with Gasteiger partial charge in [-0.3, -0.25) is 4.79 Å². The van der Waals surface area contributed by atoms with Gasteiger partial charge in [-0.2, -0.15) is 0 Å². The van der Waals surface area contributed by atoms with Crippen molar-refractivity contribution >= 4 is 17.9 Å². The van der Waals surface area contributed by atoms with Crippen LogP contribution in [-0.2, 0) is 9.59 Å². The number of carboxylic acids is 1. The first-order chi connectivity index (χ1) is 9.49. The first kappa shape index (κ1) is 13.9. The third-order valence-electron chi connectivity index (χ3n) is 3.08. The predicted molar refractivity (Wildman–Crippen MR) is 69.9 cm³/mol. The zero-order valence-corrected chi connectivity index (χ0v) is 10.9. The third-order valence-corrected chi connectivity index (χ3v) is 3.08. The molecule has 1 aromatic carbocycles. The lowest BCUT2D eigenvalue weighted by Gasteiger charge is -2.17. The summed E-state index contributed by atoms with van der Waals surface area (Å²) >= 11 is 0. The van der Waals surface area contributed by atoms with Crippen molar-refractivity contribution < 1.29 is 19.5 Å². The average molecular weight is 277 g/mol. The molecule has 3 amide bonds. The maximum atomic E-state index is 12.0. The molecule has 2 rings (SSSR count). The van der Waals surface area contributed by atoms with E-state index in [1.165, 1.54) is 4.90 Å². The molecule has 0 aliphatic carbocycles. The van der Waals surface area contributed by atoms with E-state index in [0.717, 1.165) is 0 Å². The molecule has 0 bridgehead atoms. The number of hydrogen-bond donors (Lipinski definition) is 3. The van der Waals surface area contributed by atoms with Crippen LogP contribution in [0.4, 0.5) is 4.79 Å². The lowest BCUT2D eigenvalue weighted by molar-refractivity contribution is -0.142. The number of aliphatic carboxylic acids is 1. The van der Waals surface area contributed by atoms with Gasteiger partial charge in [0.2, 0.25) is 5.91 Å². The van der Waals surface area contributed by atoms with E-state index < -0.39 is 24.0 Å². The molecule has 2 atom stereocenters. The van der Waals surface area contributed by atoms with Crippen molar-refractivity contribution in [1.82, 2.24) is 15.5 Å². The van der Waals surface area contributed by atoms with Crippen LogP contribution in [0.1, 0.15) is 11.6 Å². The van der Waals surface area contributed by atoms with Crippen molar-refractivity contribution in [3.05, 3.63) is 35.9 Å². The Morgan fingerprint density at radius 1 is 1.40 bits per heavy atom. The zero-order valence-electron chi connectivity index (χ0n) is 10.9. The van der Waals surface area contributed by atoms with Crippen molar-refractivity contribution in [3.63, 3.8) is 0 Å². The van der Waals surface area contributed by atoms with Crippen LogP contribution in [0.5, 0.6) is 0 Å². The number of likely N-dealkylation sites (N-methyl/N-ethyl adjacent to an activating group) is 1. The Morgan fingerprint density at radius 3 is 2.55 bits per heavy atom. The van der Waals surface area contributed by atoms with Gasteiger partial charge in [0.25, 0.3) is 0 Å². The van der Waals surface area contributed by atoms with E-state index in [9.17, 15) is 19.5 Å². The molecule has 1 saturated heterocycles. The van der Waals surface area contributed by atoms with E-state index in [-0.39, 0.29) is 12.6 Å². The van der Waals surface area contributed by atoms with Crippen LogP contribution < -0.4 is 10.6 Å². The van der Waals surface area contributed by atoms with Gasteiger partial charge in [0.15, 0.2) is 6.04 Å². The van der Waals surface area contributed by atoms with Crippen LogP contribution in [0.15, 0.2) is 30.3 Å². The molecular weight excluding hydrogens is 262 g/mol. The van der Waals surface area contributed by atoms with Crippen molar-refractivity contribution in [2.24, 2.45) is 0 Å². The number of urea groups is 1. The third kappa shape index (κ3) is 2.87. The lowest BCUT2D eigenvalue weighted by Crippen LogP contribution is -2.45. The summed E-state index contributed by atoms with van der Waals surface area (Å²) in [7, 11) is 1.56. The molecule has 3 N–H and O–H groups in total. The van der Waals surface area contributed by atoms with Crippen LogP contribution in [0.2, 0.25) is 0 Å². The topological polar surface area (TPSA) is 98.7 Å². The Labute approximate surface area is 115 Å². The summed E-state index contributed by atoms with van der Waals surface area (Å²) in [5.74, 6) is -1.67. The summed E-state index contributed by atoms with van der Waals surface area (Å²) in [6, 6.07) is 6.18. The van der Waals surface area contributed by atoms with Gasteiger partial charge in [-0.25, -0.2) is 9.59 Å². The van der Waals surface area contributed by atoms with Crippen molar-refractivity contribution in [3.8, 4) is 0 Å². The molecule has 0 aromatic heterocycles. The fourth-order valence-corrected chi connectivity index (χ4v) is 1.99. The van der Waals surface area contributed by atoms with Crippen LogP contribution in [-0.4, -0.2) is 47.5 Å². The Balaban J connectivity index is 2.08. The van der Waals surface area contributed by atoms with E-state index in [1.807, 2.05) is 0 Å². The SMILES string of the molecule is CN1CC(C(=O)NC(C(=O)O)c2ccccc2)NC1=O. The molecule has 7 nitrogen and oxygen atoms in total. The molecule has 0 saturated carbocycles. The fourth-order valence-electron chi connectivity index (χ4n) is 1.99. The van der Waals surface area contributed by atoms with Gasteiger partial charge in [0.1, 0.15) is 6.04 Å². The summed E-state index contributed by atoms with van der Waals surface area (Å²) in [5.41, 5.74) is 0.478. The standard InChI is InChI=1S/C13H15N3O4/c1-16-7-9(14-13(16)20)11(17)15-10(12(18)19)8-5-3-2-4-6-8/h2-6,9-10H,7H2,1H3,(H,14,20)(H,15,17)(H,18,19). The van der Waals surface area contributed by atoms with Gasteiger partial charge in [0.05, 0.1) is 6.54 Å². The summed E-state index contributed by atoms with van der Waals surface area (Å²) in [6.07, 6.45) is 0. The van der Waals surface area contributed by atoms with Crippen LogP contribution in [0.25, 0.3) is 0 Å². The van der Waals surface area contributed by atoms with Crippen molar-refractivity contribution in [2.75, 3.05) is 13.6 Å².